The summed E-state index contributed by atoms with van der Waals surface area (Å²) in [4.78, 5) is 24.2. The maximum Gasteiger partial charge on any atom is 0.460 e. The molecule has 0 saturated carbocycles. The van der Waals surface area contributed by atoms with Gasteiger partial charge in [0.15, 0.2) is 5.76 Å². The lowest BCUT2D eigenvalue weighted by Gasteiger charge is -2.26. The molecule has 1 heterocycles. The van der Waals surface area contributed by atoms with Gasteiger partial charge in [-0.2, -0.15) is 35.8 Å². The zero-order valence-corrected chi connectivity index (χ0v) is 17.7. The number of nitrogens with zero attached hydrogens (tertiary/aromatic N) is 1. The number of anilines is 1. The number of benzene rings is 1. The number of nitrogens with one attached hydrogen (secondary N) is 2. The molecule has 0 unspecified atom stereocenters. The minimum atomic E-state index is -6.65. The number of halogens is 7. The van der Waals surface area contributed by atoms with Gasteiger partial charge >= 0.3 is 23.9 Å². The second kappa shape index (κ2) is 8.76. The molecular formula is C21H18F7N3O3. The molecule has 2 N–H and O–H groups in total. The molecule has 2 amide bonds. The third-order valence-electron chi connectivity index (χ3n) is 5.25. The number of furan rings is 1. The van der Waals surface area contributed by atoms with Crippen LogP contribution in [0.25, 0.3) is 0 Å². The van der Waals surface area contributed by atoms with E-state index in [2.05, 4.69) is 10.4 Å². The van der Waals surface area contributed by atoms with Crippen molar-refractivity contribution in [3.05, 3.63) is 52.5 Å². The van der Waals surface area contributed by atoms with Crippen LogP contribution in [0.5, 0.6) is 0 Å². The standard InChI is InChI=1S/C21H18F7N3O3/c1-10-6-3-4-7-12(10)29-17(32)16-11(2)15-13(8-5-9-14(15)34-16)30-31-18(33)19(22,23)20(24,25)21(26,27)28/h3-4,6-7H,5,8-9H2,1-2H3,(H,29,32)(H,31,33)/b30-13+. The quantitative estimate of drug-likeness (QED) is 0.447. The fraction of sp³-hybridized carbons (Fsp3) is 0.381. The van der Waals surface area contributed by atoms with Crippen molar-refractivity contribution < 1.29 is 44.7 Å². The van der Waals surface area contributed by atoms with E-state index in [9.17, 15) is 40.3 Å². The molecule has 0 fully saturated rings. The van der Waals surface area contributed by atoms with Crippen molar-refractivity contribution in [2.24, 2.45) is 5.10 Å². The highest BCUT2D eigenvalue weighted by Gasteiger charge is 2.76. The van der Waals surface area contributed by atoms with E-state index in [1.165, 1.54) is 6.92 Å². The predicted molar refractivity (Wildman–Crippen MR) is 106 cm³/mol. The second-order valence-corrected chi connectivity index (χ2v) is 7.62. The number of alkyl halides is 7. The van der Waals surface area contributed by atoms with Crippen molar-refractivity contribution in [3.63, 3.8) is 0 Å². The van der Waals surface area contributed by atoms with Crippen LogP contribution in [0.1, 0.15) is 45.8 Å². The van der Waals surface area contributed by atoms with Crippen LogP contribution in [-0.4, -0.2) is 35.5 Å². The molecule has 1 aliphatic carbocycles. The summed E-state index contributed by atoms with van der Waals surface area (Å²) in [5.74, 6) is -16.1. The average molecular weight is 493 g/mol. The molecule has 184 valence electrons. The van der Waals surface area contributed by atoms with Crippen molar-refractivity contribution in [2.45, 2.75) is 51.1 Å². The minimum Gasteiger partial charge on any atom is -0.455 e. The van der Waals surface area contributed by atoms with Gasteiger partial charge in [0, 0.05) is 23.2 Å². The Kier molecular flexibility index (Phi) is 6.51. The maximum absolute atomic E-state index is 13.5. The van der Waals surface area contributed by atoms with Crippen LogP contribution in [-0.2, 0) is 11.2 Å². The fourth-order valence-electron chi connectivity index (χ4n) is 3.40. The largest absolute Gasteiger partial charge is 0.460 e. The highest BCUT2D eigenvalue weighted by molar-refractivity contribution is 6.09. The van der Waals surface area contributed by atoms with E-state index in [-0.39, 0.29) is 34.8 Å². The number of carbonyl (C=O) groups excluding carboxylic acids is 2. The van der Waals surface area contributed by atoms with Crippen molar-refractivity contribution in [3.8, 4) is 0 Å². The summed E-state index contributed by atoms with van der Waals surface area (Å²) in [5.41, 5.74) is 2.71. The van der Waals surface area contributed by atoms with E-state index in [0.717, 1.165) is 11.0 Å². The number of fused-ring (bicyclic) bond motifs is 1. The summed E-state index contributed by atoms with van der Waals surface area (Å²) in [6.07, 6.45) is -5.93. The molecule has 1 aliphatic rings. The number of hydrazone groups is 1. The third-order valence-corrected chi connectivity index (χ3v) is 5.25. The third kappa shape index (κ3) is 4.38. The van der Waals surface area contributed by atoms with Gasteiger partial charge in [-0.1, -0.05) is 18.2 Å². The van der Waals surface area contributed by atoms with Gasteiger partial charge in [0.1, 0.15) is 5.76 Å². The van der Waals surface area contributed by atoms with E-state index >= 15 is 0 Å². The van der Waals surface area contributed by atoms with E-state index in [1.807, 2.05) is 0 Å². The molecule has 34 heavy (non-hydrogen) atoms. The first kappa shape index (κ1) is 25.2. The Balaban J connectivity index is 1.86. The minimum absolute atomic E-state index is 0.0632. The number of carbonyl (C=O) groups is 2. The van der Waals surface area contributed by atoms with Crippen molar-refractivity contribution in [1.82, 2.24) is 5.43 Å². The van der Waals surface area contributed by atoms with E-state index < -0.39 is 29.8 Å². The van der Waals surface area contributed by atoms with E-state index in [1.54, 1.807) is 31.2 Å². The molecule has 0 atom stereocenters. The zero-order chi connectivity index (χ0) is 25.5. The highest BCUT2D eigenvalue weighted by Crippen LogP contribution is 2.46. The topological polar surface area (TPSA) is 83.7 Å². The normalized spacial score (nSPS) is 15.7. The van der Waals surface area contributed by atoms with E-state index in [0.29, 0.717) is 18.5 Å². The number of para-hydroxylation sites is 1. The Bertz CT molecular complexity index is 1150. The summed E-state index contributed by atoms with van der Waals surface area (Å²) in [6.45, 7) is 3.23. The van der Waals surface area contributed by atoms with Crippen LogP contribution >= 0.6 is 0 Å². The molecule has 2 aromatic rings. The summed E-state index contributed by atoms with van der Waals surface area (Å²) < 4.78 is 95.7. The predicted octanol–water partition coefficient (Wildman–Crippen LogP) is 5.14. The molecule has 13 heteroatoms. The van der Waals surface area contributed by atoms with Gasteiger partial charge in [-0.05, 0) is 38.3 Å². The van der Waals surface area contributed by atoms with Crippen LogP contribution < -0.4 is 10.7 Å². The molecule has 3 rings (SSSR count). The Morgan fingerprint density at radius 2 is 1.65 bits per heavy atom. The van der Waals surface area contributed by atoms with Crippen molar-refractivity contribution in [1.29, 1.82) is 0 Å². The van der Waals surface area contributed by atoms with Gasteiger partial charge in [-0.25, -0.2) is 5.43 Å². The lowest BCUT2D eigenvalue weighted by molar-refractivity contribution is -0.344. The molecule has 0 spiro atoms. The van der Waals surface area contributed by atoms with E-state index in [4.69, 9.17) is 4.42 Å². The van der Waals surface area contributed by atoms with Crippen LogP contribution in [0.4, 0.5) is 36.4 Å². The van der Waals surface area contributed by atoms with Crippen LogP contribution in [0.3, 0.4) is 0 Å². The summed E-state index contributed by atoms with van der Waals surface area (Å²) in [6, 6.07) is 6.90. The number of rotatable bonds is 5. The number of hydrogen-bond acceptors (Lipinski definition) is 4. The lowest BCUT2D eigenvalue weighted by atomic mass is 9.93. The van der Waals surface area contributed by atoms with Gasteiger partial charge in [0.05, 0.1) is 5.71 Å². The Morgan fingerprint density at radius 1 is 1.00 bits per heavy atom. The van der Waals surface area contributed by atoms with Crippen LogP contribution in [0, 0.1) is 13.8 Å². The fourth-order valence-corrected chi connectivity index (χ4v) is 3.40. The molecule has 6 nitrogen and oxygen atoms in total. The first-order valence-corrected chi connectivity index (χ1v) is 9.87. The zero-order valence-electron chi connectivity index (χ0n) is 17.7. The van der Waals surface area contributed by atoms with Gasteiger partial charge in [-0.3, -0.25) is 9.59 Å². The summed E-state index contributed by atoms with van der Waals surface area (Å²) in [7, 11) is 0. The number of hydrogen-bond donors (Lipinski definition) is 2. The lowest BCUT2D eigenvalue weighted by Crippen LogP contribution is -2.58. The molecule has 0 aliphatic heterocycles. The van der Waals surface area contributed by atoms with Crippen LogP contribution in [0.2, 0.25) is 0 Å². The monoisotopic (exact) mass is 493 g/mol. The Labute approximate surface area is 188 Å². The Morgan fingerprint density at radius 3 is 2.26 bits per heavy atom. The first-order valence-electron chi connectivity index (χ1n) is 9.87. The summed E-state index contributed by atoms with van der Waals surface area (Å²) >= 11 is 0. The Hall–Kier alpha value is -3.38. The molecule has 0 bridgehead atoms. The van der Waals surface area contributed by atoms with Gasteiger partial charge < -0.3 is 9.73 Å². The first-order chi connectivity index (χ1) is 15.7. The van der Waals surface area contributed by atoms with Crippen molar-refractivity contribution >= 4 is 23.2 Å². The summed E-state index contributed by atoms with van der Waals surface area (Å²) in [5, 5.41) is 6.02. The smallest absolute Gasteiger partial charge is 0.455 e. The molecule has 0 radical (unpaired) electrons. The van der Waals surface area contributed by atoms with Gasteiger partial charge in [0.2, 0.25) is 0 Å². The van der Waals surface area contributed by atoms with Gasteiger partial charge in [-0.15, -0.1) is 0 Å². The number of amides is 2. The molecule has 1 aromatic carbocycles. The highest BCUT2D eigenvalue weighted by atomic mass is 19.4. The second-order valence-electron chi connectivity index (χ2n) is 7.62. The maximum atomic E-state index is 13.5. The molecular weight excluding hydrogens is 475 g/mol. The number of aryl methyl sites for hydroxylation is 2. The van der Waals surface area contributed by atoms with Crippen molar-refractivity contribution in [2.75, 3.05) is 5.32 Å². The SMILES string of the molecule is Cc1ccccc1NC(=O)c1oc2c(c1C)/C(=N/NC(=O)C(F)(F)C(F)(F)C(F)(F)F)CCC2. The van der Waals surface area contributed by atoms with Gasteiger partial charge in [0.25, 0.3) is 5.91 Å². The average Bonchev–Trinajstić information content (AvgIpc) is 3.10. The molecule has 1 aromatic heterocycles. The van der Waals surface area contributed by atoms with Crippen LogP contribution in [0.15, 0.2) is 33.8 Å². The molecule has 0 saturated heterocycles.